The van der Waals surface area contributed by atoms with Gasteiger partial charge in [-0.3, -0.25) is 4.79 Å². The van der Waals surface area contributed by atoms with E-state index in [-0.39, 0.29) is 30.3 Å². The third-order valence-electron chi connectivity index (χ3n) is 3.39. The molecule has 1 aromatic carbocycles. The third-order valence-corrected chi connectivity index (χ3v) is 4.28. The normalized spacial score (nSPS) is 23.1. The summed E-state index contributed by atoms with van der Waals surface area (Å²) in [5, 5.41) is 12.1. The summed E-state index contributed by atoms with van der Waals surface area (Å²) in [6.07, 6.45) is 2.87. The Morgan fingerprint density at radius 3 is 2.94 bits per heavy atom. The van der Waals surface area contributed by atoms with Gasteiger partial charge in [-0.2, -0.15) is 0 Å². The number of hydrogen-bond donors (Lipinski definition) is 2. The number of halogens is 2. The zero-order chi connectivity index (χ0) is 13.1. The first kappa shape index (κ1) is 13.7. The summed E-state index contributed by atoms with van der Waals surface area (Å²) >= 11 is 1.95. The standard InChI is InChI=1S/C13H15FINO2/c14-9-4-5-10(11(15)6-9)13(18)16-12-3-1-2-8(12)7-17/h4-6,8,12,17H,1-3,7H2,(H,16,18). The van der Waals surface area contributed by atoms with E-state index in [9.17, 15) is 14.3 Å². The number of nitrogens with one attached hydrogen (secondary N) is 1. The smallest absolute Gasteiger partial charge is 0.252 e. The summed E-state index contributed by atoms with van der Waals surface area (Å²) in [7, 11) is 0. The second kappa shape index (κ2) is 5.97. The highest BCUT2D eigenvalue weighted by Gasteiger charge is 2.28. The molecule has 0 radical (unpaired) electrons. The van der Waals surface area contributed by atoms with Crippen molar-refractivity contribution in [2.75, 3.05) is 6.61 Å². The summed E-state index contributed by atoms with van der Waals surface area (Å²) in [5.74, 6) is -0.387. The molecule has 1 aliphatic rings. The molecule has 0 aliphatic heterocycles. The van der Waals surface area contributed by atoms with Gasteiger partial charge in [0.1, 0.15) is 5.82 Å². The fourth-order valence-corrected chi connectivity index (χ4v) is 3.09. The highest BCUT2D eigenvalue weighted by atomic mass is 127. The van der Waals surface area contributed by atoms with E-state index in [1.807, 2.05) is 22.6 Å². The van der Waals surface area contributed by atoms with Crippen molar-refractivity contribution in [3.8, 4) is 0 Å². The van der Waals surface area contributed by atoms with Crippen molar-refractivity contribution in [1.29, 1.82) is 0 Å². The highest BCUT2D eigenvalue weighted by molar-refractivity contribution is 14.1. The summed E-state index contributed by atoms with van der Waals surface area (Å²) < 4.78 is 13.6. The van der Waals surface area contributed by atoms with Crippen molar-refractivity contribution in [2.24, 2.45) is 5.92 Å². The molecule has 0 spiro atoms. The van der Waals surface area contributed by atoms with Crippen LogP contribution in [-0.2, 0) is 0 Å². The molecule has 1 fully saturated rings. The first-order valence-corrected chi connectivity index (χ1v) is 7.06. The van der Waals surface area contributed by atoms with Crippen LogP contribution >= 0.6 is 22.6 Å². The second-order valence-corrected chi connectivity index (χ2v) is 5.74. The van der Waals surface area contributed by atoms with E-state index in [2.05, 4.69) is 5.32 Å². The van der Waals surface area contributed by atoms with Crippen molar-refractivity contribution in [3.63, 3.8) is 0 Å². The number of benzene rings is 1. The average Bonchev–Trinajstić information content (AvgIpc) is 2.76. The van der Waals surface area contributed by atoms with Gasteiger partial charge in [0.25, 0.3) is 5.91 Å². The molecule has 3 nitrogen and oxygen atoms in total. The van der Waals surface area contributed by atoms with Crippen LogP contribution in [0.2, 0.25) is 0 Å². The maximum atomic E-state index is 13.0. The van der Waals surface area contributed by atoms with Crippen LogP contribution in [0.4, 0.5) is 4.39 Å². The Hall–Kier alpha value is -0.690. The van der Waals surface area contributed by atoms with Gasteiger partial charge in [0.2, 0.25) is 0 Å². The Morgan fingerprint density at radius 2 is 2.28 bits per heavy atom. The monoisotopic (exact) mass is 363 g/mol. The van der Waals surface area contributed by atoms with Crippen molar-refractivity contribution in [2.45, 2.75) is 25.3 Å². The molecule has 2 unspecified atom stereocenters. The summed E-state index contributed by atoms with van der Waals surface area (Å²) in [4.78, 5) is 12.1. The molecular weight excluding hydrogens is 348 g/mol. The number of aliphatic hydroxyl groups excluding tert-OH is 1. The third kappa shape index (κ3) is 3.00. The molecule has 18 heavy (non-hydrogen) atoms. The van der Waals surface area contributed by atoms with E-state index in [1.165, 1.54) is 18.2 Å². The Balaban J connectivity index is 2.07. The predicted octanol–water partition coefficient (Wildman–Crippen LogP) is 2.32. The molecule has 0 aromatic heterocycles. The predicted molar refractivity (Wildman–Crippen MR) is 74.8 cm³/mol. The first-order valence-electron chi connectivity index (χ1n) is 5.98. The number of hydrogen-bond acceptors (Lipinski definition) is 2. The molecular formula is C13H15FINO2. The van der Waals surface area contributed by atoms with Crippen LogP contribution in [-0.4, -0.2) is 23.7 Å². The maximum Gasteiger partial charge on any atom is 0.252 e. The lowest BCUT2D eigenvalue weighted by molar-refractivity contribution is 0.0915. The van der Waals surface area contributed by atoms with Crippen LogP contribution in [0.1, 0.15) is 29.6 Å². The van der Waals surface area contributed by atoms with Crippen LogP contribution in [0.25, 0.3) is 0 Å². The number of aliphatic hydroxyl groups is 1. The van der Waals surface area contributed by atoms with E-state index < -0.39 is 0 Å². The Morgan fingerprint density at radius 1 is 1.50 bits per heavy atom. The van der Waals surface area contributed by atoms with Gasteiger partial charge < -0.3 is 10.4 Å². The topological polar surface area (TPSA) is 49.3 Å². The zero-order valence-corrected chi connectivity index (χ0v) is 12.0. The summed E-state index contributed by atoms with van der Waals surface area (Å²) in [6.45, 7) is 0.103. The van der Waals surface area contributed by atoms with Gasteiger partial charge in [0, 0.05) is 22.1 Å². The van der Waals surface area contributed by atoms with Gasteiger partial charge >= 0.3 is 0 Å². The van der Waals surface area contributed by atoms with Gasteiger partial charge in [-0.05, 0) is 53.6 Å². The minimum absolute atomic E-state index is 0.0309. The van der Waals surface area contributed by atoms with Crippen LogP contribution in [0.15, 0.2) is 18.2 Å². The number of carbonyl (C=O) groups excluding carboxylic acids is 1. The molecule has 0 heterocycles. The second-order valence-electron chi connectivity index (χ2n) is 4.58. The van der Waals surface area contributed by atoms with Gasteiger partial charge in [0.05, 0.1) is 5.56 Å². The summed E-state index contributed by atoms with van der Waals surface area (Å²) in [5.41, 5.74) is 0.487. The van der Waals surface area contributed by atoms with E-state index in [0.717, 1.165) is 19.3 Å². The minimum Gasteiger partial charge on any atom is -0.396 e. The van der Waals surface area contributed by atoms with Gasteiger partial charge in [-0.25, -0.2) is 4.39 Å². The van der Waals surface area contributed by atoms with E-state index in [4.69, 9.17) is 0 Å². The van der Waals surface area contributed by atoms with E-state index >= 15 is 0 Å². The molecule has 1 amide bonds. The molecule has 1 saturated carbocycles. The van der Waals surface area contributed by atoms with Gasteiger partial charge in [-0.15, -0.1) is 0 Å². The molecule has 2 rings (SSSR count). The van der Waals surface area contributed by atoms with Crippen molar-refractivity contribution in [1.82, 2.24) is 5.32 Å². The van der Waals surface area contributed by atoms with Gasteiger partial charge in [-0.1, -0.05) is 6.42 Å². The van der Waals surface area contributed by atoms with Crippen LogP contribution in [0, 0.1) is 15.3 Å². The van der Waals surface area contributed by atoms with Crippen molar-refractivity contribution in [3.05, 3.63) is 33.1 Å². The Labute approximate surface area is 119 Å². The minimum atomic E-state index is -0.343. The molecule has 0 saturated heterocycles. The van der Waals surface area contributed by atoms with E-state index in [0.29, 0.717) is 9.13 Å². The van der Waals surface area contributed by atoms with E-state index in [1.54, 1.807) is 0 Å². The largest absolute Gasteiger partial charge is 0.396 e. The molecule has 0 bridgehead atoms. The highest BCUT2D eigenvalue weighted by Crippen LogP contribution is 2.25. The fraction of sp³-hybridized carbons (Fsp3) is 0.462. The lowest BCUT2D eigenvalue weighted by Crippen LogP contribution is -2.38. The quantitative estimate of drug-likeness (QED) is 0.810. The molecule has 2 atom stereocenters. The zero-order valence-electron chi connectivity index (χ0n) is 9.83. The Bertz CT molecular complexity index is 453. The average molecular weight is 363 g/mol. The molecule has 2 N–H and O–H groups in total. The number of carbonyl (C=O) groups is 1. The molecule has 98 valence electrons. The fourth-order valence-electron chi connectivity index (χ4n) is 2.37. The SMILES string of the molecule is O=C(NC1CCCC1CO)c1ccc(F)cc1I. The van der Waals surface area contributed by atoms with Crippen LogP contribution in [0.5, 0.6) is 0 Å². The van der Waals surface area contributed by atoms with Crippen LogP contribution in [0.3, 0.4) is 0 Å². The Kier molecular flexibility index (Phi) is 4.55. The molecule has 1 aliphatic carbocycles. The van der Waals surface area contributed by atoms with Crippen molar-refractivity contribution < 1.29 is 14.3 Å². The van der Waals surface area contributed by atoms with Gasteiger partial charge in [0.15, 0.2) is 0 Å². The summed E-state index contributed by atoms with van der Waals surface area (Å²) in [6, 6.07) is 4.15. The number of rotatable bonds is 3. The first-order chi connectivity index (χ1) is 8.61. The molecule has 5 heteroatoms. The maximum absolute atomic E-state index is 13.0. The lowest BCUT2D eigenvalue weighted by atomic mass is 10.0. The molecule has 1 aromatic rings. The van der Waals surface area contributed by atoms with Crippen molar-refractivity contribution >= 4 is 28.5 Å². The van der Waals surface area contributed by atoms with Crippen LogP contribution < -0.4 is 5.32 Å². The lowest BCUT2D eigenvalue weighted by Gasteiger charge is -2.19. The number of amides is 1.